The van der Waals surface area contributed by atoms with Gasteiger partial charge < -0.3 is 20.4 Å². The van der Waals surface area contributed by atoms with E-state index in [0.717, 1.165) is 39.1 Å². The van der Waals surface area contributed by atoms with Crippen molar-refractivity contribution in [2.45, 2.75) is 25.9 Å². The van der Waals surface area contributed by atoms with E-state index < -0.39 is 0 Å². The summed E-state index contributed by atoms with van der Waals surface area (Å²) in [5.74, 6) is 0. The zero-order chi connectivity index (χ0) is 17.6. The summed E-state index contributed by atoms with van der Waals surface area (Å²) < 4.78 is 0. The van der Waals surface area contributed by atoms with Crippen molar-refractivity contribution in [3.8, 4) is 0 Å². The number of amides is 4. The first-order valence-corrected chi connectivity index (χ1v) is 9.86. The number of likely N-dealkylation sites (tertiary alicyclic amines) is 1. The third-order valence-corrected chi connectivity index (χ3v) is 5.61. The molecule has 1 aromatic rings. The zero-order valence-corrected chi connectivity index (χ0v) is 15.6. The summed E-state index contributed by atoms with van der Waals surface area (Å²) in [6.07, 6.45) is 0.821. The zero-order valence-electron chi connectivity index (χ0n) is 14.7. The molecule has 4 amide bonds. The molecule has 138 valence electrons. The monoisotopic (exact) mass is 365 g/mol. The molecule has 3 rings (SSSR count). The van der Waals surface area contributed by atoms with Crippen molar-refractivity contribution < 1.29 is 9.59 Å². The fourth-order valence-electron chi connectivity index (χ4n) is 3.32. The molecule has 8 heteroatoms. The van der Waals surface area contributed by atoms with E-state index in [4.69, 9.17) is 0 Å². The van der Waals surface area contributed by atoms with Crippen molar-refractivity contribution in [3.63, 3.8) is 0 Å². The molecule has 0 radical (unpaired) electrons. The van der Waals surface area contributed by atoms with Gasteiger partial charge in [-0.1, -0.05) is 6.07 Å². The minimum absolute atomic E-state index is 0.00137. The van der Waals surface area contributed by atoms with Crippen LogP contribution in [0.1, 0.15) is 18.2 Å². The average molecular weight is 366 g/mol. The first kappa shape index (κ1) is 18.0. The Morgan fingerprint density at radius 3 is 2.64 bits per heavy atom. The van der Waals surface area contributed by atoms with E-state index in [-0.39, 0.29) is 18.1 Å². The standard InChI is InChI=1S/C17H27N5O2S/c1-2-18-16(23)22-6-5-14(12-22)19-17(24)21-9-7-20(8-10-21)13-15-4-3-11-25-15/h3-4,11,14H,2,5-10,12-13H2,1H3,(H,18,23)(H,19,24). The molecule has 0 bridgehead atoms. The normalized spacial score (nSPS) is 21.4. The van der Waals surface area contributed by atoms with Crippen LogP contribution in [-0.2, 0) is 6.54 Å². The molecule has 0 spiro atoms. The first-order chi connectivity index (χ1) is 12.2. The number of urea groups is 2. The van der Waals surface area contributed by atoms with Gasteiger partial charge in [-0.2, -0.15) is 0 Å². The Bertz CT molecular complexity index is 572. The molecule has 0 aromatic carbocycles. The molecule has 2 aliphatic heterocycles. The maximum absolute atomic E-state index is 12.5. The number of carbonyl (C=O) groups is 2. The summed E-state index contributed by atoms with van der Waals surface area (Å²) in [5.41, 5.74) is 0. The lowest BCUT2D eigenvalue weighted by Crippen LogP contribution is -2.53. The lowest BCUT2D eigenvalue weighted by Gasteiger charge is -2.35. The summed E-state index contributed by atoms with van der Waals surface area (Å²) in [7, 11) is 0. The van der Waals surface area contributed by atoms with Gasteiger partial charge in [-0.15, -0.1) is 11.3 Å². The summed E-state index contributed by atoms with van der Waals surface area (Å²) in [6, 6.07) is 4.25. The highest BCUT2D eigenvalue weighted by Gasteiger charge is 2.29. The van der Waals surface area contributed by atoms with E-state index >= 15 is 0 Å². The fraction of sp³-hybridized carbons (Fsp3) is 0.647. The lowest BCUT2D eigenvalue weighted by molar-refractivity contribution is 0.134. The van der Waals surface area contributed by atoms with Gasteiger partial charge in [0.05, 0.1) is 0 Å². The molecule has 1 aromatic heterocycles. The lowest BCUT2D eigenvalue weighted by atomic mass is 10.2. The Kier molecular flexibility index (Phi) is 6.14. The van der Waals surface area contributed by atoms with Gasteiger partial charge in [0.15, 0.2) is 0 Å². The highest BCUT2D eigenvalue weighted by Crippen LogP contribution is 2.14. The van der Waals surface area contributed by atoms with Crippen LogP contribution in [0.15, 0.2) is 17.5 Å². The quantitative estimate of drug-likeness (QED) is 0.847. The van der Waals surface area contributed by atoms with Crippen LogP contribution in [0.25, 0.3) is 0 Å². The molecule has 1 atom stereocenters. The molecule has 0 saturated carbocycles. The highest BCUT2D eigenvalue weighted by atomic mass is 32.1. The Morgan fingerprint density at radius 1 is 1.16 bits per heavy atom. The number of carbonyl (C=O) groups excluding carboxylic acids is 2. The summed E-state index contributed by atoms with van der Waals surface area (Å²) in [4.78, 5) is 31.7. The van der Waals surface area contributed by atoms with Crippen LogP contribution >= 0.6 is 11.3 Å². The minimum atomic E-state index is -0.0403. The SMILES string of the molecule is CCNC(=O)N1CCC(NC(=O)N2CCN(Cc3cccs3)CC2)C1. The van der Waals surface area contributed by atoms with Crippen molar-refractivity contribution in [3.05, 3.63) is 22.4 Å². The first-order valence-electron chi connectivity index (χ1n) is 8.98. The number of nitrogens with zero attached hydrogens (tertiary/aromatic N) is 3. The van der Waals surface area contributed by atoms with Gasteiger partial charge in [-0.3, -0.25) is 4.90 Å². The van der Waals surface area contributed by atoms with Gasteiger partial charge in [-0.05, 0) is 24.8 Å². The number of hydrogen-bond donors (Lipinski definition) is 2. The topological polar surface area (TPSA) is 67.9 Å². The minimum Gasteiger partial charge on any atom is -0.338 e. The summed E-state index contributed by atoms with van der Waals surface area (Å²) in [5, 5.41) is 7.99. The van der Waals surface area contributed by atoms with Crippen molar-refractivity contribution in [2.75, 3.05) is 45.8 Å². The molecular formula is C17H27N5O2S. The Morgan fingerprint density at radius 2 is 1.96 bits per heavy atom. The second-order valence-corrected chi connectivity index (χ2v) is 7.59. The van der Waals surface area contributed by atoms with E-state index in [9.17, 15) is 9.59 Å². The average Bonchev–Trinajstić information content (AvgIpc) is 3.28. The third-order valence-electron chi connectivity index (χ3n) is 4.75. The molecule has 2 saturated heterocycles. The van der Waals surface area contributed by atoms with Gasteiger partial charge in [0, 0.05) is 63.3 Å². The molecular weight excluding hydrogens is 338 g/mol. The van der Waals surface area contributed by atoms with E-state index in [1.807, 2.05) is 11.8 Å². The van der Waals surface area contributed by atoms with Gasteiger partial charge >= 0.3 is 12.1 Å². The largest absolute Gasteiger partial charge is 0.338 e. The van der Waals surface area contributed by atoms with Crippen molar-refractivity contribution in [2.24, 2.45) is 0 Å². The van der Waals surface area contributed by atoms with Crippen LogP contribution in [0, 0.1) is 0 Å². The summed E-state index contributed by atoms with van der Waals surface area (Å²) in [6.45, 7) is 8.11. The van der Waals surface area contributed by atoms with Crippen LogP contribution < -0.4 is 10.6 Å². The Hall–Kier alpha value is -1.80. The number of hydrogen-bond acceptors (Lipinski definition) is 4. The molecule has 7 nitrogen and oxygen atoms in total. The van der Waals surface area contributed by atoms with Gasteiger partial charge in [0.25, 0.3) is 0 Å². The molecule has 3 heterocycles. The van der Waals surface area contributed by atoms with Crippen molar-refractivity contribution in [1.82, 2.24) is 25.3 Å². The van der Waals surface area contributed by atoms with Crippen LogP contribution in [0.4, 0.5) is 9.59 Å². The summed E-state index contributed by atoms with van der Waals surface area (Å²) >= 11 is 1.78. The van der Waals surface area contributed by atoms with E-state index in [1.54, 1.807) is 16.2 Å². The van der Waals surface area contributed by atoms with Crippen LogP contribution in [0.2, 0.25) is 0 Å². The van der Waals surface area contributed by atoms with E-state index in [1.165, 1.54) is 4.88 Å². The molecule has 1 unspecified atom stereocenters. The predicted molar refractivity (Wildman–Crippen MR) is 98.8 cm³/mol. The highest BCUT2D eigenvalue weighted by molar-refractivity contribution is 7.09. The van der Waals surface area contributed by atoms with Gasteiger partial charge in [-0.25, -0.2) is 9.59 Å². The van der Waals surface area contributed by atoms with Crippen molar-refractivity contribution in [1.29, 1.82) is 0 Å². The van der Waals surface area contributed by atoms with E-state index in [0.29, 0.717) is 19.6 Å². The second kappa shape index (κ2) is 8.53. The van der Waals surface area contributed by atoms with E-state index in [2.05, 4.69) is 33.0 Å². The maximum atomic E-state index is 12.5. The fourth-order valence-corrected chi connectivity index (χ4v) is 4.07. The third kappa shape index (κ3) is 4.85. The molecule has 2 aliphatic rings. The molecule has 2 fully saturated rings. The van der Waals surface area contributed by atoms with Crippen LogP contribution in [-0.4, -0.2) is 78.6 Å². The molecule has 25 heavy (non-hydrogen) atoms. The molecule has 0 aliphatic carbocycles. The number of piperazine rings is 1. The predicted octanol–water partition coefficient (Wildman–Crippen LogP) is 1.38. The molecule has 2 N–H and O–H groups in total. The van der Waals surface area contributed by atoms with Crippen molar-refractivity contribution >= 4 is 23.4 Å². The van der Waals surface area contributed by atoms with Crippen LogP contribution in [0.3, 0.4) is 0 Å². The number of thiophene rings is 1. The van der Waals surface area contributed by atoms with Crippen LogP contribution in [0.5, 0.6) is 0 Å². The Balaban J connectivity index is 1.39. The number of nitrogens with one attached hydrogen (secondary N) is 2. The second-order valence-electron chi connectivity index (χ2n) is 6.56. The smallest absolute Gasteiger partial charge is 0.317 e. The van der Waals surface area contributed by atoms with Gasteiger partial charge in [0.2, 0.25) is 0 Å². The van der Waals surface area contributed by atoms with Gasteiger partial charge in [0.1, 0.15) is 0 Å². The Labute approximate surface area is 153 Å². The maximum Gasteiger partial charge on any atom is 0.317 e. The number of rotatable bonds is 4.